The molecule has 2 N–H and O–H groups in total. The SMILES string of the molecule is CC(C)CCC(=O)NCC(=O)N(C)C(Cc1ccccc1)C(=O)O. The third-order valence-corrected chi connectivity index (χ3v) is 3.80. The lowest BCUT2D eigenvalue weighted by molar-refractivity contribution is -0.148. The molecule has 0 aliphatic rings. The van der Waals surface area contributed by atoms with Gasteiger partial charge in [-0.25, -0.2) is 4.79 Å². The Morgan fingerprint density at radius 1 is 1.17 bits per heavy atom. The van der Waals surface area contributed by atoms with Crippen molar-refractivity contribution in [2.45, 2.75) is 39.2 Å². The summed E-state index contributed by atoms with van der Waals surface area (Å²) in [5.74, 6) is -1.27. The Bertz CT molecular complexity index is 557. The molecule has 0 aliphatic carbocycles. The molecule has 6 heteroatoms. The number of likely N-dealkylation sites (N-methyl/N-ethyl adjacent to an activating group) is 1. The number of rotatable bonds is 9. The number of nitrogens with zero attached hydrogens (tertiary/aromatic N) is 1. The molecule has 1 aromatic carbocycles. The number of hydrogen-bond acceptors (Lipinski definition) is 3. The zero-order valence-corrected chi connectivity index (χ0v) is 14.5. The van der Waals surface area contributed by atoms with Gasteiger partial charge in [-0.2, -0.15) is 0 Å². The average Bonchev–Trinajstić information content (AvgIpc) is 2.55. The van der Waals surface area contributed by atoms with E-state index in [1.807, 2.05) is 44.2 Å². The molecule has 24 heavy (non-hydrogen) atoms. The van der Waals surface area contributed by atoms with E-state index >= 15 is 0 Å². The van der Waals surface area contributed by atoms with Gasteiger partial charge in [-0.1, -0.05) is 44.2 Å². The van der Waals surface area contributed by atoms with Crippen LogP contribution in [0.4, 0.5) is 0 Å². The minimum absolute atomic E-state index is 0.188. The summed E-state index contributed by atoms with van der Waals surface area (Å²) in [7, 11) is 1.45. The van der Waals surface area contributed by atoms with Crippen molar-refractivity contribution in [2.24, 2.45) is 5.92 Å². The van der Waals surface area contributed by atoms with Crippen LogP contribution in [-0.2, 0) is 20.8 Å². The van der Waals surface area contributed by atoms with Gasteiger partial charge in [-0.05, 0) is 17.9 Å². The van der Waals surface area contributed by atoms with Gasteiger partial charge in [0.2, 0.25) is 11.8 Å². The highest BCUT2D eigenvalue weighted by atomic mass is 16.4. The van der Waals surface area contributed by atoms with Crippen molar-refractivity contribution in [2.75, 3.05) is 13.6 Å². The Balaban J connectivity index is 2.57. The second-order valence-electron chi connectivity index (χ2n) is 6.26. The average molecular weight is 334 g/mol. The minimum atomic E-state index is -1.07. The topological polar surface area (TPSA) is 86.7 Å². The van der Waals surface area contributed by atoms with E-state index in [1.165, 1.54) is 11.9 Å². The van der Waals surface area contributed by atoms with Crippen LogP contribution in [0.5, 0.6) is 0 Å². The monoisotopic (exact) mass is 334 g/mol. The van der Waals surface area contributed by atoms with Gasteiger partial charge in [-0.15, -0.1) is 0 Å². The van der Waals surface area contributed by atoms with Crippen molar-refractivity contribution in [3.63, 3.8) is 0 Å². The van der Waals surface area contributed by atoms with E-state index in [4.69, 9.17) is 0 Å². The third kappa shape index (κ3) is 6.81. The van der Waals surface area contributed by atoms with Crippen molar-refractivity contribution >= 4 is 17.8 Å². The summed E-state index contributed by atoms with van der Waals surface area (Å²) in [5.41, 5.74) is 0.838. The van der Waals surface area contributed by atoms with Crippen molar-refractivity contribution in [3.8, 4) is 0 Å². The summed E-state index contributed by atoms with van der Waals surface area (Å²) in [5, 5.41) is 11.9. The fourth-order valence-electron chi connectivity index (χ4n) is 2.21. The van der Waals surface area contributed by atoms with E-state index < -0.39 is 17.9 Å². The zero-order chi connectivity index (χ0) is 18.1. The number of carbonyl (C=O) groups is 3. The third-order valence-electron chi connectivity index (χ3n) is 3.80. The first-order chi connectivity index (χ1) is 11.3. The second kappa shape index (κ2) is 9.70. The number of aliphatic carboxylic acids is 1. The van der Waals surface area contributed by atoms with Crippen LogP contribution in [0.3, 0.4) is 0 Å². The molecule has 1 aromatic rings. The molecule has 132 valence electrons. The van der Waals surface area contributed by atoms with E-state index in [1.54, 1.807) is 0 Å². The number of benzene rings is 1. The molecule has 1 rings (SSSR count). The maximum absolute atomic E-state index is 12.2. The highest BCUT2D eigenvalue weighted by Gasteiger charge is 2.26. The van der Waals surface area contributed by atoms with Gasteiger partial charge in [-0.3, -0.25) is 9.59 Å². The first-order valence-corrected chi connectivity index (χ1v) is 8.10. The zero-order valence-electron chi connectivity index (χ0n) is 14.5. The van der Waals surface area contributed by atoms with Crippen molar-refractivity contribution in [3.05, 3.63) is 35.9 Å². The van der Waals surface area contributed by atoms with Gasteiger partial charge < -0.3 is 15.3 Å². The first-order valence-electron chi connectivity index (χ1n) is 8.10. The number of nitrogens with one attached hydrogen (secondary N) is 1. The summed E-state index contributed by atoms with van der Waals surface area (Å²) in [6.07, 6.45) is 1.34. The Hall–Kier alpha value is -2.37. The van der Waals surface area contributed by atoms with Gasteiger partial charge in [0.25, 0.3) is 0 Å². The Morgan fingerprint density at radius 2 is 1.79 bits per heavy atom. The Morgan fingerprint density at radius 3 is 2.33 bits per heavy atom. The molecule has 2 amide bonds. The summed E-state index contributed by atoms with van der Waals surface area (Å²) >= 11 is 0. The molecular formula is C18H26N2O4. The lowest BCUT2D eigenvalue weighted by Gasteiger charge is -2.25. The number of amides is 2. The highest BCUT2D eigenvalue weighted by Crippen LogP contribution is 2.09. The molecule has 0 radical (unpaired) electrons. The van der Waals surface area contributed by atoms with Crippen LogP contribution < -0.4 is 5.32 Å². The molecule has 0 saturated carbocycles. The number of carboxylic acid groups (broad SMARTS) is 1. The smallest absolute Gasteiger partial charge is 0.326 e. The highest BCUT2D eigenvalue weighted by molar-refractivity contribution is 5.87. The molecule has 0 aromatic heterocycles. The van der Waals surface area contributed by atoms with Gasteiger partial charge in [0.05, 0.1) is 6.54 Å². The first kappa shape index (κ1) is 19.7. The van der Waals surface area contributed by atoms with Crippen LogP contribution in [0.15, 0.2) is 30.3 Å². The van der Waals surface area contributed by atoms with Crippen LogP contribution in [-0.4, -0.2) is 47.4 Å². The Labute approximate surface area is 142 Å². The molecule has 0 bridgehead atoms. The van der Waals surface area contributed by atoms with Gasteiger partial charge >= 0.3 is 5.97 Å². The Kier molecular flexibility index (Phi) is 7.95. The number of hydrogen-bond donors (Lipinski definition) is 2. The summed E-state index contributed by atoms with van der Waals surface area (Å²) in [6, 6.07) is 8.17. The normalized spacial score (nSPS) is 11.8. The molecule has 1 atom stereocenters. The van der Waals surface area contributed by atoms with Crippen LogP contribution in [0.2, 0.25) is 0 Å². The minimum Gasteiger partial charge on any atom is -0.480 e. The standard InChI is InChI=1S/C18H26N2O4/c1-13(2)9-10-16(21)19-12-17(22)20(3)15(18(23)24)11-14-7-5-4-6-8-14/h4-8,13,15H,9-12H2,1-3H3,(H,19,21)(H,23,24). The fraction of sp³-hybridized carbons (Fsp3) is 0.500. The van der Waals surface area contributed by atoms with E-state index in [9.17, 15) is 19.5 Å². The lowest BCUT2D eigenvalue weighted by Crippen LogP contribution is -2.47. The van der Waals surface area contributed by atoms with Crippen LogP contribution in [0, 0.1) is 5.92 Å². The van der Waals surface area contributed by atoms with Crippen LogP contribution in [0.25, 0.3) is 0 Å². The molecule has 0 fully saturated rings. The summed E-state index contributed by atoms with van der Waals surface area (Å²) in [4.78, 5) is 36.5. The van der Waals surface area contributed by atoms with E-state index in [0.29, 0.717) is 12.3 Å². The maximum Gasteiger partial charge on any atom is 0.326 e. The van der Waals surface area contributed by atoms with Gasteiger partial charge in [0.15, 0.2) is 0 Å². The molecule has 1 unspecified atom stereocenters. The largest absolute Gasteiger partial charge is 0.480 e. The predicted molar refractivity (Wildman–Crippen MR) is 91.4 cm³/mol. The van der Waals surface area contributed by atoms with E-state index in [2.05, 4.69) is 5.32 Å². The van der Waals surface area contributed by atoms with Crippen molar-refractivity contribution in [1.82, 2.24) is 10.2 Å². The summed E-state index contributed by atoms with van der Waals surface area (Å²) in [6.45, 7) is 3.85. The van der Waals surface area contributed by atoms with Gasteiger partial charge in [0, 0.05) is 19.9 Å². The van der Waals surface area contributed by atoms with E-state index in [0.717, 1.165) is 12.0 Å². The van der Waals surface area contributed by atoms with Crippen molar-refractivity contribution < 1.29 is 19.5 Å². The predicted octanol–water partition coefficient (Wildman–Crippen LogP) is 1.69. The summed E-state index contributed by atoms with van der Waals surface area (Å²) < 4.78 is 0. The van der Waals surface area contributed by atoms with E-state index in [-0.39, 0.29) is 18.9 Å². The van der Waals surface area contributed by atoms with Crippen molar-refractivity contribution in [1.29, 1.82) is 0 Å². The molecule has 0 heterocycles. The second-order valence-corrected chi connectivity index (χ2v) is 6.26. The van der Waals surface area contributed by atoms with Gasteiger partial charge in [0.1, 0.15) is 6.04 Å². The molecule has 0 saturated heterocycles. The lowest BCUT2D eigenvalue weighted by atomic mass is 10.0. The fourth-order valence-corrected chi connectivity index (χ4v) is 2.21. The van der Waals surface area contributed by atoms with Crippen LogP contribution >= 0.6 is 0 Å². The van der Waals surface area contributed by atoms with Crippen LogP contribution in [0.1, 0.15) is 32.3 Å². The molecular weight excluding hydrogens is 308 g/mol. The number of carboxylic acids is 1. The number of carbonyl (C=O) groups excluding carboxylic acids is 2. The maximum atomic E-state index is 12.2. The quantitative estimate of drug-likeness (QED) is 0.719. The molecule has 0 spiro atoms. The molecule has 0 aliphatic heterocycles. The molecule has 6 nitrogen and oxygen atoms in total.